The van der Waals surface area contributed by atoms with Crippen molar-refractivity contribution < 1.29 is 4.79 Å². The first-order valence-electron chi connectivity index (χ1n) is 13.3. The van der Waals surface area contributed by atoms with Crippen LogP contribution in [-0.2, 0) is 0 Å². The van der Waals surface area contributed by atoms with Crippen molar-refractivity contribution in [2.75, 3.05) is 25.4 Å². The number of carbonyl (C=O) groups excluding carboxylic acids is 1. The minimum atomic E-state index is 0.0643. The van der Waals surface area contributed by atoms with E-state index >= 15 is 0 Å². The molecule has 0 unspecified atom stereocenters. The highest BCUT2D eigenvalue weighted by molar-refractivity contribution is 6.06. The Morgan fingerprint density at radius 3 is 2.85 bits per heavy atom. The number of likely N-dealkylation sites (tertiary alicyclic amines) is 1. The van der Waals surface area contributed by atoms with Gasteiger partial charge in [-0.15, -0.1) is 0 Å². The van der Waals surface area contributed by atoms with Gasteiger partial charge in [-0.05, 0) is 38.3 Å². The van der Waals surface area contributed by atoms with Gasteiger partial charge in [0.25, 0.3) is 5.91 Å². The maximum atomic E-state index is 13.4. The molecule has 1 aromatic carbocycles. The van der Waals surface area contributed by atoms with E-state index in [1.165, 1.54) is 0 Å². The lowest BCUT2D eigenvalue weighted by molar-refractivity contribution is 0.0713. The third-order valence-electron chi connectivity index (χ3n) is 7.12. The number of para-hydroxylation sites is 1. The largest absolute Gasteiger partial charge is 0.383 e. The standard InChI is InChI=1S/C31H35N7O/c1-4-5-6-9-14-33-26(19-21(2)3)27-28-29(32)34-15-18-38(28)30(36-27)22-12-16-37(17-13-22)31(39)24-20-35-25-11-8-7-10-23(24)25/h4-8,10-11,15,18-20,22,33,35H,1-2,9,12-14,16-17H2,3H3,(H2,32,34)/b6-5-,26-19-. The summed E-state index contributed by atoms with van der Waals surface area (Å²) in [4.78, 5) is 28.0. The van der Waals surface area contributed by atoms with Gasteiger partial charge in [-0.25, -0.2) is 9.97 Å². The Morgan fingerprint density at radius 2 is 2.08 bits per heavy atom. The van der Waals surface area contributed by atoms with Crippen LogP contribution in [0.25, 0.3) is 22.1 Å². The second-order valence-electron chi connectivity index (χ2n) is 9.95. The van der Waals surface area contributed by atoms with Crippen LogP contribution in [0, 0.1) is 0 Å². The number of nitrogen functional groups attached to an aromatic ring is 1. The Morgan fingerprint density at radius 1 is 1.28 bits per heavy atom. The highest BCUT2D eigenvalue weighted by Crippen LogP contribution is 2.33. The number of amides is 1. The monoisotopic (exact) mass is 521 g/mol. The van der Waals surface area contributed by atoms with Crippen LogP contribution < -0.4 is 11.1 Å². The fraction of sp³-hybridized carbons (Fsp3) is 0.258. The van der Waals surface area contributed by atoms with Gasteiger partial charge < -0.3 is 20.9 Å². The number of fused-ring (bicyclic) bond motifs is 2. The summed E-state index contributed by atoms with van der Waals surface area (Å²) in [6, 6.07) is 7.91. The van der Waals surface area contributed by atoms with Crippen molar-refractivity contribution in [2.45, 2.75) is 32.1 Å². The van der Waals surface area contributed by atoms with Crippen LogP contribution in [-0.4, -0.2) is 49.8 Å². The van der Waals surface area contributed by atoms with Gasteiger partial charge in [-0.3, -0.25) is 9.20 Å². The van der Waals surface area contributed by atoms with E-state index in [1.807, 2.05) is 60.6 Å². The van der Waals surface area contributed by atoms with Gasteiger partial charge in [0.2, 0.25) is 0 Å². The fourth-order valence-electron chi connectivity index (χ4n) is 5.25. The molecule has 8 nitrogen and oxygen atoms in total. The summed E-state index contributed by atoms with van der Waals surface area (Å²) in [5.74, 6) is 1.62. The van der Waals surface area contributed by atoms with E-state index in [0.717, 1.165) is 70.6 Å². The van der Waals surface area contributed by atoms with Crippen molar-refractivity contribution in [2.24, 2.45) is 0 Å². The Balaban J connectivity index is 1.39. The Bertz CT molecular complexity index is 1580. The third-order valence-corrected chi connectivity index (χ3v) is 7.12. The molecule has 1 aliphatic rings. The molecule has 5 rings (SSSR count). The van der Waals surface area contributed by atoms with E-state index in [1.54, 1.807) is 12.3 Å². The summed E-state index contributed by atoms with van der Waals surface area (Å²) < 4.78 is 2.06. The molecule has 0 atom stereocenters. The zero-order chi connectivity index (χ0) is 27.4. The lowest BCUT2D eigenvalue weighted by Crippen LogP contribution is -2.38. The Kier molecular flexibility index (Phi) is 7.63. The molecule has 1 amide bonds. The molecule has 200 valence electrons. The van der Waals surface area contributed by atoms with E-state index in [9.17, 15) is 4.79 Å². The summed E-state index contributed by atoms with van der Waals surface area (Å²) in [5.41, 5.74) is 11.4. The number of aromatic amines is 1. The van der Waals surface area contributed by atoms with E-state index in [2.05, 4.69) is 38.9 Å². The number of nitrogens with one attached hydrogen (secondary N) is 2. The highest BCUT2D eigenvalue weighted by Gasteiger charge is 2.30. The molecule has 4 N–H and O–H groups in total. The van der Waals surface area contributed by atoms with Crippen LogP contribution in [0.1, 0.15) is 54.0 Å². The number of piperidine rings is 1. The molecule has 0 spiro atoms. The van der Waals surface area contributed by atoms with Crippen LogP contribution in [0.3, 0.4) is 0 Å². The molecule has 0 aliphatic carbocycles. The molecular weight excluding hydrogens is 486 g/mol. The number of allylic oxidation sites excluding steroid dienone is 4. The third kappa shape index (κ3) is 5.36. The van der Waals surface area contributed by atoms with Gasteiger partial charge in [0.15, 0.2) is 0 Å². The number of anilines is 1. The summed E-state index contributed by atoms with van der Waals surface area (Å²) in [6.45, 7) is 11.8. The first-order valence-corrected chi connectivity index (χ1v) is 13.3. The predicted molar refractivity (Wildman–Crippen MR) is 158 cm³/mol. The number of hydrogen-bond donors (Lipinski definition) is 3. The number of imidazole rings is 1. The Labute approximate surface area is 228 Å². The van der Waals surface area contributed by atoms with Crippen molar-refractivity contribution in [1.29, 1.82) is 0 Å². The predicted octanol–water partition coefficient (Wildman–Crippen LogP) is 5.45. The molecule has 3 aromatic heterocycles. The summed E-state index contributed by atoms with van der Waals surface area (Å²) in [6.07, 6.45) is 15.7. The average molecular weight is 522 g/mol. The fourth-order valence-corrected chi connectivity index (χ4v) is 5.25. The molecule has 39 heavy (non-hydrogen) atoms. The van der Waals surface area contributed by atoms with E-state index in [0.29, 0.717) is 18.9 Å². The number of H-pyrrole nitrogens is 1. The number of nitrogens with zero attached hydrogens (tertiary/aromatic N) is 4. The molecule has 4 heterocycles. The number of carbonyl (C=O) groups is 1. The van der Waals surface area contributed by atoms with Gasteiger partial charge in [-0.2, -0.15) is 0 Å². The van der Waals surface area contributed by atoms with Gasteiger partial charge in [0.05, 0.1) is 11.3 Å². The van der Waals surface area contributed by atoms with Gasteiger partial charge in [0, 0.05) is 55.0 Å². The maximum Gasteiger partial charge on any atom is 0.256 e. The molecular formula is C31H35N7O. The van der Waals surface area contributed by atoms with Crippen molar-refractivity contribution in [3.63, 3.8) is 0 Å². The maximum absolute atomic E-state index is 13.4. The van der Waals surface area contributed by atoms with Crippen molar-refractivity contribution in [3.8, 4) is 0 Å². The summed E-state index contributed by atoms with van der Waals surface area (Å²) in [7, 11) is 0. The van der Waals surface area contributed by atoms with Crippen LogP contribution in [0.15, 0.2) is 85.9 Å². The van der Waals surface area contributed by atoms with Crippen molar-refractivity contribution in [3.05, 3.63) is 103 Å². The number of benzene rings is 1. The number of rotatable bonds is 9. The van der Waals surface area contributed by atoms with Crippen LogP contribution in [0.4, 0.5) is 5.82 Å². The topological polar surface area (TPSA) is 104 Å². The summed E-state index contributed by atoms with van der Waals surface area (Å²) in [5, 5.41) is 4.47. The normalized spacial score (nSPS) is 14.9. The molecule has 0 radical (unpaired) electrons. The average Bonchev–Trinajstić information content (AvgIpc) is 3.55. The molecule has 1 fully saturated rings. The lowest BCUT2D eigenvalue weighted by Gasteiger charge is -2.31. The SMILES string of the molecule is C=C/C=C\CCN/C(=C\C(=C)C)c1nc(C2CCN(C(=O)c3c[nH]c4ccccc34)CC2)n2ccnc(N)c12. The molecule has 4 aromatic rings. The smallest absolute Gasteiger partial charge is 0.256 e. The molecule has 1 aliphatic heterocycles. The second-order valence-corrected chi connectivity index (χ2v) is 9.95. The molecule has 8 heteroatoms. The number of aromatic nitrogens is 4. The number of hydrogen-bond acceptors (Lipinski definition) is 5. The zero-order valence-corrected chi connectivity index (χ0v) is 22.4. The lowest BCUT2D eigenvalue weighted by atomic mass is 9.95. The zero-order valence-electron chi connectivity index (χ0n) is 22.4. The van der Waals surface area contributed by atoms with Crippen molar-refractivity contribution >= 4 is 33.8 Å². The minimum absolute atomic E-state index is 0.0643. The van der Waals surface area contributed by atoms with Crippen molar-refractivity contribution in [1.82, 2.24) is 29.6 Å². The first-order chi connectivity index (χ1) is 19.0. The molecule has 0 bridgehead atoms. The van der Waals surface area contributed by atoms with E-state index in [4.69, 9.17) is 10.7 Å². The highest BCUT2D eigenvalue weighted by atomic mass is 16.2. The van der Waals surface area contributed by atoms with Crippen LogP contribution in [0.2, 0.25) is 0 Å². The van der Waals surface area contributed by atoms with E-state index < -0.39 is 0 Å². The second kappa shape index (κ2) is 11.4. The quantitative estimate of drug-likeness (QED) is 0.201. The molecule has 0 saturated carbocycles. The summed E-state index contributed by atoms with van der Waals surface area (Å²) >= 11 is 0. The van der Waals surface area contributed by atoms with Crippen LogP contribution in [0.5, 0.6) is 0 Å². The van der Waals surface area contributed by atoms with Gasteiger partial charge in [-0.1, -0.05) is 55.2 Å². The van der Waals surface area contributed by atoms with Crippen LogP contribution >= 0.6 is 0 Å². The Hall–Kier alpha value is -4.59. The van der Waals surface area contributed by atoms with Gasteiger partial charge in [0.1, 0.15) is 22.9 Å². The minimum Gasteiger partial charge on any atom is -0.383 e. The van der Waals surface area contributed by atoms with E-state index in [-0.39, 0.29) is 11.8 Å². The molecule has 1 saturated heterocycles. The van der Waals surface area contributed by atoms with Gasteiger partial charge >= 0.3 is 0 Å². The first kappa shape index (κ1) is 26.0. The number of nitrogens with two attached hydrogens (primary N) is 1.